The fraction of sp³-hybridized carbons (Fsp3) is 0.150. The van der Waals surface area contributed by atoms with Crippen LogP contribution in [0.5, 0.6) is 0 Å². The Labute approximate surface area is 297 Å². The van der Waals surface area contributed by atoms with Crippen molar-refractivity contribution in [3.05, 3.63) is 147 Å². The van der Waals surface area contributed by atoms with Gasteiger partial charge in [0.25, 0.3) is 0 Å². The number of nitrogen functional groups attached to an aromatic ring is 1. The number of halogens is 2. The van der Waals surface area contributed by atoms with Crippen molar-refractivity contribution in [3.63, 3.8) is 0 Å². The first-order valence-corrected chi connectivity index (χ1v) is 16.6. The molecule has 0 radical (unpaired) electrons. The summed E-state index contributed by atoms with van der Waals surface area (Å²) in [6.45, 7) is 12.6. The van der Waals surface area contributed by atoms with E-state index in [1.54, 1.807) is 0 Å². The number of rotatable bonds is 4. The van der Waals surface area contributed by atoms with Gasteiger partial charge in [-0.2, -0.15) is 0 Å². The van der Waals surface area contributed by atoms with Gasteiger partial charge in [0.05, 0.1) is 22.1 Å². The smallest absolute Gasteiger partial charge is 0.174 e. The lowest BCUT2D eigenvalue weighted by molar-refractivity contribution is 1.26. The molecule has 0 atom stereocenters. The van der Waals surface area contributed by atoms with Gasteiger partial charge in [-0.15, -0.1) is 0 Å². The zero-order valence-corrected chi connectivity index (χ0v) is 29.9. The number of hydrogen-bond donors (Lipinski definition) is 3. The van der Waals surface area contributed by atoms with Crippen LogP contribution in [-0.4, -0.2) is 19.9 Å². The highest BCUT2D eigenvalue weighted by Gasteiger charge is 2.11. The van der Waals surface area contributed by atoms with E-state index in [-0.39, 0.29) is 10.3 Å². The van der Waals surface area contributed by atoms with Crippen LogP contribution in [0.15, 0.2) is 103 Å². The van der Waals surface area contributed by atoms with Crippen molar-refractivity contribution >= 4 is 74.0 Å². The second-order valence-corrected chi connectivity index (χ2v) is 12.6. The minimum Gasteiger partial charge on any atom is -0.399 e. The quantitative estimate of drug-likeness (QED) is 0.158. The Balaban J connectivity index is 0.000000181. The summed E-state index contributed by atoms with van der Waals surface area (Å²) in [5, 5.41) is 7.38. The first-order chi connectivity index (χ1) is 23.5. The molecular formula is C40H39Cl2N7. The third-order valence-electron chi connectivity index (χ3n) is 8.13. The maximum Gasteiger partial charge on any atom is 0.174 e. The van der Waals surface area contributed by atoms with Crippen molar-refractivity contribution in [2.24, 2.45) is 0 Å². The highest BCUT2D eigenvalue weighted by Crippen LogP contribution is 2.29. The van der Waals surface area contributed by atoms with E-state index >= 15 is 0 Å². The summed E-state index contributed by atoms with van der Waals surface area (Å²) < 4.78 is 0. The van der Waals surface area contributed by atoms with Crippen LogP contribution in [-0.2, 0) is 0 Å². The lowest BCUT2D eigenvalue weighted by Crippen LogP contribution is -2.04. The van der Waals surface area contributed by atoms with E-state index in [9.17, 15) is 0 Å². The second-order valence-electron chi connectivity index (χ2n) is 11.9. The Kier molecular flexibility index (Phi) is 11.3. The van der Waals surface area contributed by atoms with Crippen molar-refractivity contribution in [3.8, 4) is 0 Å². The van der Waals surface area contributed by atoms with Gasteiger partial charge in [0, 0.05) is 17.1 Å². The Hall–Kier alpha value is -5.24. The molecule has 0 aliphatic rings. The largest absolute Gasteiger partial charge is 0.399 e. The summed E-state index contributed by atoms with van der Waals surface area (Å²) in [6.07, 6.45) is 0. The average Bonchev–Trinajstić information content (AvgIpc) is 3.08. The molecule has 9 heteroatoms. The normalized spacial score (nSPS) is 10.5. The molecule has 5 aromatic carbocycles. The van der Waals surface area contributed by atoms with Gasteiger partial charge in [0.15, 0.2) is 21.9 Å². The van der Waals surface area contributed by atoms with Crippen LogP contribution in [0.25, 0.3) is 22.1 Å². The number of nitrogens with zero attached hydrogens (tertiary/aromatic N) is 4. The van der Waals surface area contributed by atoms with Crippen LogP contribution in [0.1, 0.15) is 33.4 Å². The molecule has 2 heterocycles. The summed E-state index contributed by atoms with van der Waals surface area (Å²) in [7, 11) is 0. The van der Waals surface area contributed by atoms with Crippen molar-refractivity contribution in [2.75, 3.05) is 16.4 Å². The van der Waals surface area contributed by atoms with Crippen molar-refractivity contribution < 1.29 is 0 Å². The predicted molar refractivity (Wildman–Crippen MR) is 208 cm³/mol. The monoisotopic (exact) mass is 687 g/mol. The van der Waals surface area contributed by atoms with Gasteiger partial charge in [-0.25, -0.2) is 19.9 Å². The average molecular weight is 689 g/mol. The van der Waals surface area contributed by atoms with Crippen LogP contribution in [0.3, 0.4) is 0 Å². The summed E-state index contributed by atoms with van der Waals surface area (Å²) >= 11 is 11.4. The zero-order chi connectivity index (χ0) is 35.1. The molecule has 4 N–H and O–H groups in total. The Morgan fingerprint density at radius 1 is 0.429 bits per heavy atom. The van der Waals surface area contributed by atoms with Crippen LogP contribution >= 0.6 is 23.2 Å². The highest BCUT2D eigenvalue weighted by molar-refractivity contribution is 6.40. The van der Waals surface area contributed by atoms with E-state index in [0.717, 1.165) is 39.1 Å². The van der Waals surface area contributed by atoms with Gasteiger partial charge >= 0.3 is 0 Å². The number of para-hydroxylation sites is 4. The topological polar surface area (TPSA) is 102 Å². The second kappa shape index (κ2) is 15.8. The third-order valence-corrected chi connectivity index (χ3v) is 8.75. The number of aryl methyl sites for hydroxylation is 6. The van der Waals surface area contributed by atoms with Crippen molar-refractivity contribution in [1.29, 1.82) is 0 Å². The number of aromatic nitrogens is 4. The van der Waals surface area contributed by atoms with Crippen LogP contribution in [0.2, 0.25) is 10.3 Å². The first-order valence-electron chi connectivity index (χ1n) is 15.8. The van der Waals surface area contributed by atoms with Gasteiger partial charge in [-0.05, 0) is 136 Å². The molecule has 7 rings (SSSR count). The first kappa shape index (κ1) is 35.1. The number of anilines is 5. The minimum atomic E-state index is 0.246. The maximum absolute atomic E-state index is 5.68. The zero-order valence-electron chi connectivity index (χ0n) is 28.4. The van der Waals surface area contributed by atoms with E-state index < -0.39 is 0 Å². The third kappa shape index (κ3) is 9.22. The van der Waals surface area contributed by atoms with Gasteiger partial charge in [0.2, 0.25) is 0 Å². The van der Waals surface area contributed by atoms with Gasteiger partial charge in [-0.1, -0.05) is 65.7 Å². The molecule has 49 heavy (non-hydrogen) atoms. The van der Waals surface area contributed by atoms with E-state index in [2.05, 4.69) is 98.5 Å². The number of hydrogen-bond acceptors (Lipinski definition) is 7. The van der Waals surface area contributed by atoms with E-state index in [4.69, 9.17) is 38.9 Å². The molecule has 7 aromatic rings. The highest BCUT2D eigenvalue weighted by atomic mass is 35.5. The van der Waals surface area contributed by atoms with E-state index in [1.165, 1.54) is 33.4 Å². The molecule has 7 nitrogen and oxygen atoms in total. The number of benzene rings is 5. The number of nitrogens with two attached hydrogens (primary N) is 1. The number of fused-ring (bicyclic) bond motifs is 2. The molecule has 2 aromatic heterocycles. The number of nitrogens with one attached hydrogen (secondary N) is 2. The molecule has 0 spiro atoms. The maximum atomic E-state index is 5.68. The molecule has 0 fully saturated rings. The van der Waals surface area contributed by atoms with Gasteiger partial charge in [0.1, 0.15) is 0 Å². The Morgan fingerprint density at radius 3 is 1.12 bits per heavy atom. The van der Waals surface area contributed by atoms with Crippen LogP contribution < -0.4 is 16.4 Å². The van der Waals surface area contributed by atoms with Crippen LogP contribution in [0.4, 0.5) is 28.7 Å². The lowest BCUT2D eigenvalue weighted by Gasteiger charge is -2.15. The molecule has 248 valence electrons. The molecule has 0 aliphatic heterocycles. The summed E-state index contributed by atoms with van der Waals surface area (Å²) in [6, 6.07) is 33.9. The molecule has 0 aliphatic carbocycles. The van der Waals surface area contributed by atoms with E-state index in [0.29, 0.717) is 11.6 Å². The lowest BCUT2D eigenvalue weighted by atomic mass is 10.1. The molecule has 0 amide bonds. The Morgan fingerprint density at radius 2 is 0.776 bits per heavy atom. The molecule has 0 saturated carbocycles. The molecule has 0 unspecified atom stereocenters. The van der Waals surface area contributed by atoms with Crippen molar-refractivity contribution in [1.82, 2.24) is 19.9 Å². The molecule has 0 saturated heterocycles. The summed E-state index contributed by atoms with van der Waals surface area (Å²) in [5.74, 6) is 1.42. The fourth-order valence-electron chi connectivity index (χ4n) is 4.81. The van der Waals surface area contributed by atoms with Crippen LogP contribution in [0, 0.1) is 41.5 Å². The minimum absolute atomic E-state index is 0.246. The Bertz CT molecular complexity index is 2120. The molecular weight excluding hydrogens is 649 g/mol. The van der Waals surface area contributed by atoms with Gasteiger partial charge < -0.3 is 16.4 Å². The van der Waals surface area contributed by atoms with E-state index in [1.807, 2.05) is 66.7 Å². The standard InChI is InChI=1S/C24H24N4.C8H4Cl2N2.C8H11N/c1-15-9-11-19(13-17(15)3)25-23-24(26-20-12-10-16(2)18(4)14-20)28-22-8-6-5-7-21(22)27-23;9-7-8(10)12-6-4-2-1-3-5(6)11-7;1-6-3-4-8(9)5-7(6)2/h5-14H,1-4H3,(H,25,27)(H,26,28);1-4H;3-5H,9H2,1-2H3. The van der Waals surface area contributed by atoms with Gasteiger partial charge in [-0.3, -0.25) is 0 Å². The molecule has 0 bridgehead atoms. The fourth-order valence-corrected chi connectivity index (χ4v) is 5.07. The predicted octanol–water partition coefficient (Wildman–Crippen LogP) is 11.2. The van der Waals surface area contributed by atoms with Crippen molar-refractivity contribution in [2.45, 2.75) is 41.5 Å². The SMILES string of the molecule is Cc1ccc(N)cc1C.Cc1ccc(Nc2nc3ccccc3nc2Nc2ccc(C)c(C)c2)cc1C.Clc1nc2ccccc2nc1Cl. The summed E-state index contributed by atoms with van der Waals surface area (Å²) in [5.41, 5.74) is 19.2. The summed E-state index contributed by atoms with van der Waals surface area (Å²) in [4.78, 5) is 17.7.